The number of hydroxylamine groups is 1. The second-order valence-electron chi connectivity index (χ2n) is 3.01. The molecule has 0 unspecified atom stereocenters. The summed E-state index contributed by atoms with van der Waals surface area (Å²) in [7, 11) is 0. The number of nitrogens with one attached hydrogen (secondary N) is 1. The van der Waals surface area contributed by atoms with Gasteiger partial charge in [-0.2, -0.15) is 5.48 Å². The summed E-state index contributed by atoms with van der Waals surface area (Å²) in [4.78, 5) is 16.0. The molecule has 1 aromatic rings. The minimum absolute atomic E-state index is 0.320. The number of alkyl halides is 1. The highest BCUT2D eigenvalue weighted by molar-refractivity contribution is 9.08. The Bertz CT molecular complexity index is 344. The van der Waals surface area contributed by atoms with Crippen molar-refractivity contribution < 1.29 is 14.4 Å². The smallest absolute Gasteiger partial charge is 0.431 e. The monoisotopic (exact) mass is 287 g/mol. The minimum Gasteiger partial charge on any atom is -0.448 e. The highest BCUT2D eigenvalue weighted by Crippen LogP contribution is 2.12. The zero-order valence-electron chi connectivity index (χ0n) is 9.03. The molecule has 0 spiro atoms. The van der Waals surface area contributed by atoms with Gasteiger partial charge in [-0.3, -0.25) is 4.84 Å². The highest BCUT2D eigenvalue weighted by Gasteiger charge is 2.03. The number of halogens is 1. The van der Waals surface area contributed by atoms with Gasteiger partial charge in [0.2, 0.25) is 0 Å². The van der Waals surface area contributed by atoms with Crippen LogP contribution in [0.5, 0.6) is 0 Å². The third-order valence-electron chi connectivity index (χ3n) is 1.92. The number of hydrogen-bond acceptors (Lipinski definition) is 3. The Hall–Kier alpha value is -1.07. The lowest BCUT2D eigenvalue weighted by atomic mass is 10.1. The summed E-state index contributed by atoms with van der Waals surface area (Å²) >= 11 is 3.39. The molecule has 16 heavy (non-hydrogen) atoms. The van der Waals surface area contributed by atoms with Gasteiger partial charge in [-0.15, -0.1) is 0 Å². The maximum Gasteiger partial charge on any atom is 0.431 e. The van der Waals surface area contributed by atoms with Gasteiger partial charge < -0.3 is 4.74 Å². The van der Waals surface area contributed by atoms with Crippen molar-refractivity contribution in [2.24, 2.45) is 0 Å². The Morgan fingerprint density at radius 3 is 2.69 bits per heavy atom. The average molecular weight is 288 g/mol. The van der Waals surface area contributed by atoms with Crippen LogP contribution >= 0.6 is 15.9 Å². The maximum absolute atomic E-state index is 10.9. The van der Waals surface area contributed by atoms with E-state index in [2.05, 4.69) is 26.1 Å². The van der Waals surface area contributed by atoms with Gasteiger partial charge in [0.05, 0.1) is 6.61 Å². The molecule has 0 saturated carbocycles. The molecule has 0 bridgehead atoms. The molecule has 1 amide bonds. The van der Waals surface area contributed by atoms with Crippen molar-refractivity contribution in [1.29, 1.82) is 0 Å². The third-order valence-corrected chi connectivity index (χ3v) is 2.53. The van der Waals surface area contributed by atoms with Crippen LogP contribution in [-0.2, 0) is 21.5 Å². The van der Waals surface area contributed by atoms with Crippen molar-refractivity contribution >= 4 is 22.0 Å². The molecule has 1 aromatic carbocycles. The van der Waals surface area contributed by atoms with Gasteiger partial charge in [-0.25, -0.2) is 4.79 Å². The molecule has 0 aliphatic rings. The van der Waals surface area contributed by atoms with Gasteiger partial charge in [0.15, 0.2) is 0 Å². The van der Waals surface area contributed by atoms with Gasteiger partial charge in [-0.05, 0) is 18.1 Å². The summed E-state index contributed by atoms with van der Waals surface area (Å²) in [6, 6.07) is 7.83. The van der Waals surface area contributed by atoms with Gasteiger partial charge in [0, 0.05) is 5.33 Å². The first kappa shape index (κ1) is 13.0. The van der Waals surface area contributed by atoms with E-state index in [1.54, 1.807) is 6.92 Å². The fourth-order valence-corrected chi connectivity index (χ4v) is 1.71. The molecule has 0 saturated heterocycles. The van der Waals surface area contributed by atoms with Gasteiger partial charge in [0.1, 0.15) is 6.61 Å². The number of benzene rings is 1. The van der Waals surface area contributed by atoms with Crippen LogP contribution in [0.4, 0.5) is 4.79 Å². The Balaban J connectivity index is 2.39. The Morgan fingerprint density at radius 1 is 1.38 bits per heavy atom. The molecular weight excluding hydrogens is 274 g/mol. The largest absolute Gasteiger partial charge is 0.448 e. The zero-order valence-corrected chi connectivity index (χ0v) is 10.6. The van der Waals surface area contributed by atoms with E-state index in [0.29, 0.717) is 13.2 Å². The van der Waals surface area contributed by atoms with E-state index in [9.17, 15) is 4.79 Å². The van der Waals surface area contributed by atoms with Crippen molar-refractivity contribution in [2.45, 2.75) is 18.9 Å². The van der Waals surface area contributed by atoms with Crippen LogP contribution in [0.2, 0.25) is 0 Å². The number of hydrogen-bond donors (Lipinski definition) is 1. The number of ether oxygens (including phenoxy) is 1. The molecule has 0 radical (unpaired) electrons. The molecule has 5 heteroatoms. The van der Waals surface area contributed by atoms with Crippen LogP contribution < -0.4 is 5.48 Å². The normalized spacial score (nSPS) is 9.88. The van der Waals surface area contributed by atoms with Crippen LogP contribution in [0.25, 0.3) is 0 Å². The zero-order chi connectivity index (χ0) is 11.8. The lowest BCUT2D eigenvalue weighted by Gasteiger charge is -2.08. The second kappa shape index (κ2) is 7.24. The SMILES string of the molecule is CCOC(=O)NOCc1ccccc1CBr. The van der Waals surface area contributed by atoms with E-state index in [0.717, 1.165) is 16.5 Å². The minimum atomic E-state index is -0.571. The number of amides is 1. The van der Waals surface area contributed by atoms with Gasteiger partial charge in [-0.1, -0.05) is 40.2 Å². The second-order valence-corrected chi connectivity index (χ2v) is 3.57. The van der Waals surface area contributed by atoms with Crippen molar-refractivity contribution in [3.63, 3.8) is 0 Å². The number of rotatable bonds is 5. The Labute approximate surface area is 103 Å². The Morgan fingerprint density at radius 2 is 2.06 bits per heavy atom. The summed E-state index contributed by atoms with van der Waals surface area (Å²) < 4.78 is 4.65. The molecule has 4 nitrogen and oxygen atoms in total. The fraction of sp³-hybridized carbons (Fsp3) is 0.364. The maximum atomic E-state index is 10.9. The first-order valence-electron chi connectivity index (χ1n) is 4.95. The first-order valence-corrected chi connectivity index (χ1v) is 6.07. The van der Waals surface area contributed by atoms with Crippen LogP contribution in [0.3, 0.4) is 0 Å². The van der Waals surface area contributed by atoms with E-state index in [-0.39, 0.29) is 0 Å². The molecule has 1 N–H and O–H groups in total. The average Bonchev–Trinajstić information content (AvgIpc) is 2.30. The summed E-state index contributed by atoms with van der Waals surface area (Å²) in [6.07, 6.45) is -0.571. The van der Waals surface area contributed by atoms with E-state index >= 15 is 0 Å². The Kier molecular flexibility index (Phi) is 5.88. The fourth-order valence-electron chi connectivity index (χ4n) is 1.16. The van der Waals surface area contributed by atoms with Crippen molar-refractivity contribution in [3.8, 4) is 0 Å². The van der Waals surface area contributed by atoms with Crippen molar-refractivity contribution in [1.82, 2.24) is 5.48 Å². The van der Waals surface area contributed by atoms with Gasteiger partial charge >= 0.3 is 6.09 Å². The van der Waals surface area contributed by atoms with Crippen LogP contribution in [0, 0.1) is 0 Å². The van der Waals surface area contributed by atoms with Gasteiger partial charge in [0.25, 0.3) is 0 Å². The molecule has 0 heterocycles. The van der Waals surface area contributed by atoms with Crippen molar-refractivity contribution in [2.75, 3.05) is 6.61 Å². The van der Waals surface area contributed by atoms with Crippen LogP contribution in [-0.4, -0.2) is 12.7 Å². The summed E-state index contributed by atoms with van der Waals surface area (Å²) in [5.41, 5.74) is 4.36. The quantitative estimate of drug-likeness (QED) is 0.669. The first-order chi connectivity index (χ1) is 7.77. The summed E-state index contributed by atoms with van der Waals surface area (Å²) in [6.45, 7) is 2.38. The van der Waals surface area contributed by atoms with Crippen LogP contribution in [0.1, 0.15) is 18.1 Å². The summed E-state index contributed by atoms with van der Waals surface area (Å²) in [5, 5.41) is 0.756. The molecule has 0 aliphatic heterocycles. The van der Waals surface area contributed by atoms with Crippen LogP contribution in [0.15, 0.2) is 24.3 Å². The third kappa shape index (κ3) is 4.20. The molecule has 88 valence electrons. The number of carbonyl (C=O) groups excluding carboxylic acids is 1. The predicted octanol–water partition coefficient (Wildman–Crippen LogP) is 2.76. The molecular formula is C11H14BrNO3. The predicted molar refractivity (Wildman–Crippen MR) is 64.0 cm³/mol. The van der Waals surface area contributed by atoms with E-state index < -0.39 is 6.09 Å². The molecule has 1 rings (SSSR count). The topological polar surface area (TPSA) is 47.6 Å². The molecule has 0 aliphatic carbocycles. The van der Waals surface area contributed by atoms with E-state index in [1.165, 1.54) is 0 Å². The van der Waals surface area contributed by atoms with Crippen molar-refractivity contribution in [3.05, 3.63) is 35.4 Å². The summed E-state index contributed by atoms with van der Waals surface area (Å²) in [5.74, 6) is 0. The standard InChI is InChI=1S/C11H14BrNO3/c1-2-15-11(14)13-16-8-10-6-4-3-5-9(10)7-12/h3-6H,2,7-8H2,1H3,(H,13,14). The van der Waals surface area contributed by atoms with E-state index in [4.69, 9.17) is 4.84 Å². The lowest BCUT2D eigenvalue weighted by Crippen LogP contribution is -2.24. The lowest BCUT2D eigenvalue weighted by molar-refractivity contribution is 0.0197. The molecule has 0 aromatic heterocycles. The highest BCUT2D eigenvalue weighted by atomic mass is 79.9. The number of carbonyl (C=O) groups is 1. The molecule has 0 fully saturated rings. The molecule has 0 atom stereocenters. The van der Waals surface area contributed by atoms with E-state index in [1.807, 2.05) is 24.3 Å².